The maximum atomic E-state index is 8.29. The van der Waals surface area contributed by atoms with Gasteiger partial charge in [-0.25, -0.2) is 0 Å². The van der Waals surface area contributed by atoms with Crippen molar-refractivity contribution in [3.05, 3.63) is 483 Å². The summed E-state index contributed by atoms with van der Waals surface area (Å²) in [5.41, 5.74) is 32.5. The van der Waals surface area contributed by atoms with E-state index in [-0.39, 0.29) is 21.1 Å². The number of nitriles is 1. The quantitative estimate of drug-likeness (QED) is 0.0892. The first kappa shape index (κ1) is 87.5. The largest absolute Gasteiger partial charge is 2.00 e. The Bertz CT molecular complexity index is 6900. The van der Waals surface area contributed by atoms with Crippen LogP contribution in [0.25, 0.3) is 155 Å². The number of halogens is 2. The smallest absolute Gasteiger partial charge is 2.00 e. The van der Waals surface area contributed by atoms with E-state index in [2.05, 4.69) is 438 Å². The molecule has 21 aromatic rings. The molecule has 4 aromatic heterocycles. The molecular formula is C119H85Cl2N7Pt2. The second kappa shape index (κ2) is 41.0. The molecule has 0 saturated heterocycles. The van der Waals surface area contributed by atoms with Crippen LogP contribution in [0, 0.1) is 51.2 Å². The third kappa shape index (κ3) is 19.8. The number of anilines is 6. The van der Waals surface area contributed by atoms with Crippen molar-refractivity contribution >= 4 is 96.1 Å². The van der Waals surface area contributed by atoms with E-state index >= 15 is 0 Å². The van der Waals surface area contributed by atoms with Crippen LogP contribution >= 0.6 is 18.8 Å². The summed E-state index contributed by atoms with van der Waals surface area (Å²) in [4.78, 5) is 24.5. The number of fused-ring (bicyclic) bond motifs is 4. The Morgan fingerprint density at radius 2 is 0.538 bits per heavy atom. The maximum Gasteiger partial charge on any atom is 2.00 e. The van der Waals surface area contributed by atoms with Crippen LogP contribution in [0.4, 0.5) is 34.1 Å². The van der Waals surface area contributed by atoms with Crippen molar-refractivity contribution in [2.45, 2.75) is 27.7 Å². The number of aromatic nitrogens is 4. The van der Waals surface area contributed by atoms with Gasteiger partial charge in [-0.15, -0.1) is 59.7 Å². The van der Waals surface area contributed by atoms with E-state index in [0.717, 1.165) is 135 Å². The van der Waals surface area contributed by atoms with Crippen LogP contribution in [0.15, 0.2) is 443 Å². The van der Waals surface area contributed by atoms with Gasteiger partial charge in [0.05, 0.1) is 34.4 Å². The third-order valence-corrected chi connectivity index (χ3v) is 23.4. The molecule has 0 amide bonds. The molecule has 0 aliphatic carbocycles. The molecule has 7 nitrogen and oxygen atoms in total. The van der Waals surface area contributed by atoms with E-state index < -0.39 is 16.5 Å². The van der Waals surface area contributed by atoms with Gasteiger partial charge in [-0.2, -0.15) is 5.26 Å². The van der Waals surface area contributed by atoms with Crippen molar-refractivity contribution < 1.29 is 37.5 Å². The summed E-state index contributed by atoms with van der Waals surface area (Å²) in [6.45, 7) is 8.53. The Hall–Kier alpha value is -14.6. The van der Waals surface area contributed by atoms with Crippen LogP contribution in [0.3, 0.4) is 0 Å². The first-order chi connectivity index (χ1) is 63.5. The molecule has 0 saturated carbocycles. The van der Waals surface area contributed by atoms with E-state index in [9.17, 15) is 0 Å². The second-order valence-corrected chi connectivity index (χ2v) is 35.0. The normalized spacial score (nSPS) is 10.8. The molecule has 630 valence electrons. The Kier molecular flexibility index (Phi) is 27.6. The van der Waals surface area contributed by atoms with Crippen molar-refractivity contribution in [2.24, 2.45) is 0 Å². The van der Waals surface area contributed by atoms with Crippen LogP contribution in [0.2, 0.25) is 0 Å². The number of aryl methyl sites for hydroxylation is 4. The van der Waals surface area contributed by atoms with Gasteiger partial charge in [0.25, 0.3) is 0 Å². The number of pyridine rings is 4. The number of hydrogen-bond donors (Lipinski definition) is 0. The van der Waals surface area contributed by atoms with Crippen LogP contribution in [-0.4, -0.2) is 19.9 Å². The molecule has 0 atom stereocenters. The van der Waals surface area contributed by atoms with E-state index in [1.807, 2.05) is 49.1 Å². The van der Waals surface area contributed by atoms with Gasteiger partial charge in [0.2, 0.25) is 0 Å². The molecule has 17 aromatic carbocycles. The van der Waals surface area contributed by atoms with Crippen LogP contribution in [-0.2, 0) is 37.5 Å². The minimum Gasteiger partial charge on any atom is 2.00 e. The van der Waals surface area contributed by atoms with E-state index in [1.54, 1.807) is 12.1 Å². The van der Waals surface area contributed by atoms with Gasteiger partial charge < -0.3 is 19.8 Å². The molecule has 21 rings (SSSR count). The molecule has 0 radical (unpaired) electrons. The molecule has 0 N–H and O–H groups in total. The topological polar surface area (TPSA) is 81.8 Å². The fourth-order valence-electron chi connectivity index (χ4n) is 16.8. The molecule has 0 aliphatic rings. The molecule has 0 fully saturated rings. The Balaban J connectivity index is 0.000000162. The average Bonchev–Trinajstić information content (AvgIpc) is 0.771. The summed E-state index contributed by atoms with van der Waals surface area (Å²) in [5.74, 6) is 0. The standard InChI is InChI=1S/C56H41N3.C56H39N3.C7H5N.2ClH.2Pt/c2*1-38-36-57-54(34-52(38)45-28-26-40-14-6-8-18-43(40)30-45)47-20-12-22-49(32-47)59(56-25-11-10-24-51(56)42-16-4-3-5-17-42)50-23-13-21-48(33-50)55-35-53(39(2)37-58-55)46-29-27-41-15-7-9-19-44(41)31-46;8-6-7-4-2-1-3-5-7;;;;/h3-37H,1-2H3;3-31,34-37H,1-2H3;1-5H;2*1H;;/q;-2;;;;2*+2/p-2. The van der Waals surface area contributed by atoms with Gasteiger partial charge in [-0.3, -0.25) is 9.97 Å². The first-order valence-electron chi connectivity index (χ1n) is 42.7. The molecule has 0 unspecified atom stereocenters. The van der Waals surface area contributed by atoms with Gasteiger partial charge in [-0.05, 0) is 256 Å². The number of nitrogens with zero attached hydrogens (tertiary/aromatic N) is 7. The van der Waals surface area contributed by atoms with Crippen molar-refractivity contribution in [3.63, 3.8) is 0 Å². The van der Waals surface area contributed by atoms with Gasteiger partial charge in [0.15, 0.2) is 0 Å². The van der Waals surface area contributed by atoms with Gasteiger partial charge >= 0.3 is 56.4 Å². The summed E-state index contributed by atoms with van der Waals surface area (Å²) in [7, 11) is 9.75. The number of para-hydroxylation sites is 2. The minimum absolute atomic E-state index is 0. The van der Waals surface area contributed by atoms with Gasteiger partial charge in [0.1, 0.15) is 0 Å². The monoisotopic (exact) mass is 2070 g/mol. The molecule has 0 bridgehead atoms. The van der Waals surface area contributed by atoms with Crippen molar-refractivity contribution in [2.75, 3.05) is 9.80 Å². The minimum atomic E-state index is -0.472. The van der Waals surface area contributed by atoms with E-state index in [4.69, 9.17) is 44.0 Å². The number of rotatable bonds is 16. The fraction of sp³-hybridized carbons (Fsp3) is 0.0336. The molecular weight excluding hydrogens is 1990 g/mol. The summed E-state index contributed by atoms with van der Waals surface area (Å²) in [5, 5.41) is 18.1. The Labute approximate surface area is 790 Å². The van der Waals surface area contributed by atoms with Gasteiger partial charge in [0, 0.05) is 58.4 Å². The van der Waals surface area contributed by atoms with Crippen molar-refractivity contribution in [1.82, 2.24) is 19.9 Å². The predicted molar refractivity (Wildman–Crippen MR) is 537 cm³/mol. The zero-order chi connectivity index (χ0) is 87.9. The van der Waals surface area contributed by atoms with Crippen LogP contribution in [0.5, 0.6) is 0 Å². The van der Waals surface area contributed by atoms with Gasteiger partial charge in [-0.1, -0.05) is 297 Å². The summed E-state index contributed by atoms with van der Waals surface area (Å²) in [6, 6.07) is 157. The maximum absolute atomic E-state index is 8.29. The van der Waals surface area contributed by atoms with Crippen molar-refractivity contribution in [1.29, 1.82) is 5.26 Å². The average molecular weight is 2070 g/mol. The summed E-state index contributed by atoms with van der Waals surface area (Å²) in [6.07, 6.45) is 7.94. The number of hydrogen-bond acceptors (Lipinski definition) is 7. The molecule has 0 spiro atoms. The molecule has 130 heavy (non-hydrogen) atoms. The zero-order valence-corrected chi connectivity index (χ0v) is 77.7. The molecule has 0 aliphatic heterocycles. The SMILES string of the molecule is Cc1cnc(-c2[c-]c(N(c3[c-]c(-c4cc(-c5ccc6ccccc6c5)c(C)cn4)ccc3)c3ccccc3-c3ccccc3)ccc2)cc1-c1ccc2ccccc2c1.Cc1cnc(-c2cccc(N(c3cccc(-c4cc(-c5ccc6ccccc6c5)c(C)cn4)c3)c3ccccc3-c3ccccc3)c2)cc1-c1ccc2ccccc2c1.N#Cc1ccccc1.[Cl][Pt][Cl].[Pt+2]. The summed E-state index contributed by atoms with van der Waals surface area (Å²) < 4.78 is 0. The fourth-order valence-corrected chi connectivity index (χ4v) is 16.8. The Morgan fingerprint density at radius 1 is 0.254 bits per heavy atom. The Morgan fingerprint density at radius 3 is 0.885 bits per heavy atom. The predicted octanol–water partition coefficient (Wildman–Crippen LogP) is 32.9. The second-order valence-electron chi connectivity index (χ2n) is 31.7. The molecule has 11 heteroatoms. The molecule has 4 heterocycles. The van der Waals surface area contributed by atoms with Crippen LogP contribution in [0.1, 0.15) is 27.8 Å². The van der Waals surface area contributed by atoms with Crippen molar-refractivity contribution in [3.8, 4) is 118 Å². The third-order valence-electron chi connectivity index (χ3n) is 23.4. The van der Waals surface area contributed by atoms with E-state index in [0.29, 0.717) is 5.56 Å². The van der Waals surface area contributed by atoms with E-state index in [1.165, 1.54) is 76.5 Å². The van der Waals surface area contributed by atoms with Crippen LogP contribution < -0.4 is 9.80 Å². The summed E-state index contributed by atoms with van der Waals surface area (Å²) >= 11 is -0.472. The number of benzene rings is 17. The zero-order valence-electron chi connectivity index (χ0n) is 71.7. The first-order valence-corrected chi connectivity index (χ1v) is 48.4.